The predicted octanol–water partition coefficient (Wildman–Crippen LogP) is -12.1. The van der Waals surface area contributed by atoms with Crippen molar-refractivity contribution in [2.45, 2.75) is 20.0 Å². The van der Waals surface area contributed by atoms with Crippen molar-refractivity contribution < 1.29 is 173 Å². The van der Waals surface area contributed by atoms with Gasteiger partial charge in [-0.2, -0.15) is 0 Å². The van der Waals surface area contributed by atoms with Gasteiger partial charge in [-0.3, -0.25) is 0 Å². The quantitative estimate of drug-likeness (QED) is 0.457. The molecular weight excluding hydrogens is 245 g/mol. The molecule has 0 N–H and O–H groups in total. The summed E-state index contributed by atoms with van der Waals surface area (Å²) in [6, 6.07) is 0. The summed E-state index contributed by atoms with van der Waals surface area (Å²) < 4.78 is 3.91. The van der Waals surface area contributed by atoms with Crippen LogP contribution in [0.25, 0.3) is 0 Å². The van der Waals surface area contributed by atoms with E-state index >= 15 is 0 Å². The van der Waals surface area contributed by atoms with E-state index in [-0.39, 0.29) is 154 Å². The number of rotatable bonds is 2. The molecule has 50 valence electrons. The third-order valence-electron chi connectivity index (χ3n) is 0.380. The molecule has 8 heteroatoms. The van der Waals surface area contributed by atoms with Crippen LogP contribution in [0.4, 0.5) is 0 Å². The van der Waals surface area contributed by atoms with Gasteiger partial charge in [0.1, 0.15) is 0 Å². The summed E-state index contributed by atoms with van der Waals surface area (Å²) in [6.07, 6.45) is -0.533. The van der Waals surface area contributed by atoms with Crippen LogP contribution in [0.5, 0.6) is 0 Å². The van der Waals surface area contributed by atoms with Crippen LogP contribution in [0.2, 0.25) is 0 Å². The van der Waals surface area contributed by atoms with Crippen LogP contribution < -0.4 is 169 Å². The van der Waals surface area contributed by atoms with E-state index < -0.39 is 15.2 Å². The average Bonchev–Trinajstić information content (AvgIpc) is 1.21. The molecule has 0 rings (SSSR count). The van der Waals surface area contributed by atoms with Crippen LogP contribution in [0, 0.1) is 0 Å². The second-order valence-electron chi connectivity index (χ2n) is 1.67. The van der Waals surface area contributed by atoms with Crippen molar-refractivity contribution in [2.75, 3.05) is 0 Å². The Kier molecular flexibility index (Phi) is 29.6. The fourth-order valence-corrected chi connectivity index (χ4v) is 0.866. The maximum Gasteiger partial charge on any atom is 1.00 e. The largest absolute Gasteiger partial charge is 1.00 e. The van der Waals surface area contributed by atoms with E-state index in [1.165, 1.54) is 13.8 Å². The van der Waals surface area contributed by atoms with Crippen molar-refractivity contribution >= 4 is 9.05 Å². The minimum atomic E-state index is -4.97. The molecular formula is C3H7K3O4Si. The van der Waals surface area contributed by atoms with E-state index in [1.54, 1.807) is 0 Å². The van der Waals surface area contributed by atoms with Crippen LogP contribution in [-0.2, 0) is 4.43 Å². The zero-order valence-electron chi connectivity index (χ0n) is 7.71. The molecule has 0 atom stereocenters. The third kappa shape index (κ3) is 25.3. The molecule has 0 aromatic rings. The molecule has 0 bridgehead atoms. The second kappa shape index (κ2) is 13.0. The summed E-state index contributed by atoms with van der Waals surface area (Å²) in [4.78, 5) is 29.2. The van der Waals surface area contributed by atoms with Crippen LogP contribution in [0.1, 0.15) is 13.8 Å². The summed E-state index contributed by atoms with van der Waals surface area (Å²) in [5.74, 6) is 0. The first kappa shape index (κ1) is 25.0. The van der Waals surface area contributed by atoms with Gasteiger partial charge in [0.25, 0.3) is 0 Å². The summed E-state index contributed by atoms with van der Waals surface area (Å²) in [7, 11) is -4.97. The van der Waals surface area contributed by atoms with Gasteiger partial charge in [0.05, 0.1) is 0 Å². The van der Waals surface area contributed by atoms with E-state index in [4.69, 9.17) is 0 Å². The van der Waals surface area contributed by atoms with Gasteiger partial charge in [-0.25, -0.2) is 0 Å². The van der Waals surface area contributed by atoms with E-state index in [0.717, 1.165) is 0 Å². The first-order valence-corrected chi connectivity index (χ1v) is 3.84. The van der Waals surface area contributed by atoms with Gasteiger partial charge >= 0.3 is 154 Å². The zero-order chi connectivity index (χ0) is 6.78. The van der Waals surface area contributed by atoms with E-state index in [9.17, 15) is 14.4 Å². The molecule has 0 fully saturated rings. The SMILES string of the molecule is CC(C)O[Si]([O-])([O-])[O-].[K+].[K+].[K+]. The maximum absolute atomic E-state index is 9.72. The van der Waals surface area contributed by atoms with Gasteiger partial charge in [-0.05, 0) is 13.8 Å². The van der Waals surface area contributed by atoms with Gasteiger partial charge in [-0.1, -0.05) is 0 Å². The summed E-state index contributed by atoms with van der Waals surface area (Å²) in [5, 5.41) is 0. The molecule has 0 spiro atoms. The van der Waals surface area contributed by atoms with Crippen molar-refractivity contribution in [1.29, 1.82) is 0 Å². The van der Waals surface area contributed by atoms with Crippen LogP contribution in [0.15, 0.2) is 0 Å². The van der Waals surface area contributed by atoms with Crippen molar-refractivity contribution in [3.05, 3.63) is 0 Å². The fourth-order valence-electron chi connectivity index (χ4n) is 0.289. The molecule has 0 amide bonds. The molecule has 0 heterocycles. The van der Waals surface area contributed by atoms with Crippen LogP contribution in [-0.4, -0.2) is 15.2 Å². The van der Waals surface area contributed by atoms with E-state index in [2.05, 4.69) is 4.43 Å². The van der Waals surface area contributed by atoms with Crippen molar-refractivity contribution in [3.63, 3.8) is 0 Å². The predicted molar refractivity (Wildman–Crippen MR) is 22.0 cm³/mol. The molecule has 0 aromatic heterocycles. The number of hydrogen-bond donors (Lipinski definition) is 0. The Labute approximate surface area is 196 Å². The average molecular weight is 252 g/mol. The second-order valence-corrected chi connectivity index (χ2v) is 2.90. The van der Waals surface area contributed by atoms with Crippen LogP contribution >= 0.6 is 0 Å². The molecule has 4 nitrogen and oxygen atoms in total. The third-order valence-corrected chi connectivity index (χ3v) is 1.14. The normalized spacial score (nSPS) is 9.27. The molecule has 0 radical (unpaired) electrons. The van der Waals surface area contributed by atoms with Crippen molar-refractivity contribution in [3.8, 4) is 0 Å². The molecule has 0 unspecified atom stereocenters. The maximum atomic E-state index is 9.72. The smallest absolute Gasteiger partial charge is 0.861 e. The zero-order valence-corrected chi connectivity index (χ0v) is 18.1. The molecule has 0 aliphatic heterocycles. The molecule has 11 heavy (non-hydrogen) atoms. The van der Waals surface area contributed by atoms with Gasteiger partial charge < -0.3 is 18.8 Å². The van der Waals surface area contributed by atoms with Crippen molar-refractivity contribution in [1.82, 2.24) is 0 Å². The Bertz CT molecular complexity index is 75.5. The Hall–Kier alpha value is 4.97. The number of hydrogen-bond acceptors (Lipinski definition) is 4. The van der Waals surface area contributed by atoms with E-state index in [1.807, 2.05) is 0 Å². The Morgan fingerprint density at radius 3 is 1.27 bits per heavy atom. The molecule has 0 aromatic carbocycles. The topological polar surface area (TPSA) is 78.4 Å². The van der Waals surface area contributed by atoms with Gasteiger partial charge in [-0.15, -0.1) is 9.05 Å². The van der Waals surface area contributed by atoms with Crippen LogP contribution in [0.3, 0.4) is 0 Å². The van der Waals surface area contributed by atoms with E-state index in [0.29, 0.717) is 0 Å². The molecule has 0 aliphatic carbocycles. The Balaban J connectivity index is -0.0000000817. The molecule has 0 saturated heterocycles. The Morgan fingerprint density at radius 2 is 1.27 bits per heavy atom. The fraction of sp³-hybridized carbons (Fsp3) is 1.00. The molecule has 0 saturated carbocycles. The Morgan fingerprint density at radius 1 is 1.00 bits per heavy atom. The summed E-state index contributed by atoms with van der Waals surface area (Å²) >= 11 is 0. The minimum absolute atomic E-state index is 0. The standard InChI is InChI=1S/C3H7O4Si.3K/c1-3(2)7-8(4,5)6;;;/h3H,1-2H3;;;/q-3;3*+1. The van der Waals surface area contributed by atoms with Gasteiger partial charge in [0.15, 0.2) is 0 Å². The summed E-state index contributed by atoms with van der Waals surface area (Å²) in [5.41, 5.74) is 0. The minimum Gasteiger partial charge on any atom is -0.861 e. The first-order valence-electron chi connectivity index (χ1n) is 2.21. The van der Waals surface area contributed by atoms with Crippen molar-refractivity contribution in [2.24, 2.45) is 0 Å². The summed E-state index contributed by atoms with van der Waals surface area (Å²) in [6.45, 7) is 2.96. The monoisotopic (exact) mass is 252 g/mol. The first-order chi connectivity index (χ1) is 3.42. The van der Waals surface area contributed by atoms with Gasteiger partial charge in [0.2, 0.25) is 0 Å². The van der Waals surface area contributed by atoms with Gasteiger partial charge in [0, 0.05) is 6.10 Å². The molecule has 0 aliphatic rings.